The molecule has 0 radical (unpaired) electrons. The first-order valence-corrected chi connectivity index (χ1v) is 6.41. The molecule has 82 valence electrons. The van der Waals surface area contributed by atoms with Crippen LogP contribution in [-0.2, 0) is 5.41 Å². The van der Waals surface area contributed by atoms with E-state index in [-0.39, 0.29) is 5.41 Å². The molecule has 1 aliphatic heterocycles. The van der Waals surface area contributed by atoms with Gasteiger partial charge in [0.05, 0.1) is 0 Å². The molecule has 0 spiro atoms. The van der Waals surface area contributed by atoms with Crippen LogP contribution in [0.3, 0.4) is 0 Å². The normalized spacial score (nSPS) is 17.5. The van der Waals surface area contributed by atoms with Gasteiger partial charge in [-0.2, -0.15) is 0 Å². The molecule has 1 heterocycles. The number of benzene rings is 1. The Labute approximate surface area is 96.7 Å². The van der Waals surface area contributed by atoms with E-state index < -0.39 is 0 Å². The van der Waals surface area contributed by atoms with Gasteiger partial charge in [-0.05, 0) is 23.1 Å². The fourth-order valence-electron chi connectivity index (χ4n) is 1.57. The molecule has 1 aliphatic rings. The fourth-order valence-corrected chi connectivity index (χ4v) is 2.65. The van der Waals surface area contributed by atoms with E-state index >= 15 is 0 Å². The summed E-state index contributed by atoms with van der Waals surface area (Å²) < 4.78 is 0. The lowest BCUT2D eigenvalue weighted by Gasteiger charge is -2.26. The van der Waals surface area contributed by atoms with Crippen LogP contribution < -0.4 is 5.32 Å². The molecule has 0 aliphatic carbocycles. The molecule has 1 N–H and O–H groups in total. The predicted molar refractivity (Wildman–Crippen MR) is 67.7 cm³/mol. The van der Waals surface area contributed by atoms with Crippen molar-refractivity contribution in [3.63, 3.8) is 0 Å². The quantitative estimate of drug-likeness (QED) is 0.824. The summed E-state index contributed by atoms with van der Waals surface area (Å²) in [4.78, 5) is 1.40. The third-order valence-electron chi connectivity index (χ3n) is 2.77. The van der Waals surface area contributed by atoms with Crippen LogP contribution in [0.25, 0.3) is 0 Å². The fraction of sp³-hybridized carbons (Fsp3) is 0.538. The zero-order valence-electron chi connectivity index (χ0n) is 9.71. The zero-order valence-corrected chi connectivity index (χ0v) is 10.5. The van der Waals surface area contributed by atoms with Crippen LogP contribution in [-0.4, -0.2) is 18.3 Å². The van der Waals surface area contributed by atoms with Gasteiger partial charge < -0.3 is 5.32 Å². The second kappa shape index (κ2) is 4.18. The molecule has 15 heavy (non-hydrogen) atoms. The van der Waals surface area contributed by atoms with E-state index in [1.807, 2.05) is 11.8 Å². The SMILES string of the molecule is CC(C)(C)c1ccc(SC2CNC2)cc1. The molecule has 0 aromatic heterocycles. The first kappa shape index (κ1) is 11.0. The van der Waals surface area contributed by atoms with Crippen molar-refractivity contribution >= 4 is 11.8 Å². The van der Waals surface area contributed by atoms with Gasteiger partial charge in [0.2, 0.25) is 0 Å². The van der Waals surface area contributed by atoms with Crippen molar-refractivity contribution in [2.45, 2.75) is 36.3 Å². The summed E-state index contributed by atoms with van der Waals surface area (Å²) in [7, 11) is 0. The van der Waals surface area contributed by atoms with Crippen molar-refractivity contribution in [3.05, 3.63) is 29.8 Å². The van der Waals surface area contributed by atoms with Gasteiger partial charge in [0, 0.05) is 23.2 Å². The lowest BCUT2D eigenvalue weighted by Crippen LogP contribution is -2.44. The molecule has 1 aromatic rings. The molecule has 1 aromatic carbocycles. The molecular formula is C13H19NS. The molecule has 0 unspecified atom stereocenters. The monoisotopic (exact) mass is 221 g/mol. The highest BCUT2D eigenvalue weighted by atomic mass is 32.2. The molecule has 0 saturated carbocycles. The van der Waals surface area contributed by atoms with Crippen LogP contribution in [0.15, 0.2) is 29.2 Å². The van der Waals surface area contributed by atoms with Crippen LogP contribution >= 0.6 is 11.8 Å². The van der Waals surface area contributed by atoms with Crippen molar-refractivity contribution in [3.8, 4) is 0 Å². The Bertz CT molecular complexity index is 319. The van der Waals surface area contributed by atoms with Gasteiger partial charge in [0.15, 0.2) is 0 Å². The van der Waals surface area contributed by atoms with E-state index in [0.29, 0.717) is 0 Å². The highest BCUT2D eigenvalue weighted by Gasteiger charge is 2.18. The van der Waals surface area contributed by atoms with Crippen molar-refractivity contribution < 1.29 is 0 Å². The molecule has 1 saturated heterocycles. The summed E-state index contributed by atoms with van der Waals surface area (Å²) in [5, 5.41) is 4.08. The Balaban J connectivity index is 2.03. The second-order valence-corrected chi connectivity index (χ2v) is 6.55. The highest BCUT2D eigenvalue weighted by molar-refractivity contribution is 8.00. The minimum Gasteiger partial charge on any atom is -0.314 e. The van der Waals surface area contributed by atoms with Crippen LogP contribution in [0.4, 0.5) is 0 Å². The molecule has 2 heteroatoms. The lowest BCUT2D eigenvalue weighted by molar-refractivity contribution is 0.543. The third-order valence-corrected chi connectivity index (χ3v) is 3.98. The Morgan fingerprint density at radius 2 is 1.73 bits per heavy atom. The van der Waals surface area contributed by atoms with Crippen molar-refractivity contribution in [1.29, 1.82) is 0 Å². The number of hydrogen-bond donors (Lipinski definition) is 1. The number of hydrogen-bond acceptors (Lipinski definition) is 2. The van der Waals surface area contributed by atoms with E-state index in [1.54, 1.807) is 0 Å². The molecule has 1 fully saturated rings. The van der Waals surface area contributed by atoms with Gasteiger partial charge in [0.1, 0.15) is 0 Å². The summed E-state index contributed by atoms with van der Waals surface area (Å²) in [6, 6.07) is 9.02. The zero-order chi connectivity index (χ0) is 10.9. The molecule has 0 atom stereocenters. The standard InChI is InChI=1S/C13H19NS/c1-13(2,3)10-4-6-11(7-5-10)15-12-8-14-9-12/h4-7,12,14H,8-9H2,1-3H3. The Kier molecular flexibility index (Phi) is 3.08. The van der Waals surface area contributed by atoms with E-state index in [0.717, 1.165) is 18.3 Å². The van der Waals surface area contributed by atoms with Crippen molar-refractivity contribution in [1.82, 2.24) is 5.32 Å². The second-order valence-electron chi connectivity index (χ2n) is 5.17. The van der Waals surface area contributed by atoms with Crippen molar-refractivity contribution in [2.24, 2.45) is 0 Å². The summed E-state index contributed by atoms with van der Waals surface area (Å²) in [6.07, 6.45) is 0. The average Bonchev–Trinajstić information content (AvgIpc) is 2.11. The maximum atomic E-state index is 3.30. The van der Waals surface area contributed by atoms with Crippen LogP contribution in [0.5, 0.6) is 0 Å². The maximum Gasteiger partial charge on any atom is 0.0344 e. The third kappa shape index (κ3) is 2.76. The summed E-state index contributed by atoms with van der Waals surface area (Å²) >= 11 is 1.99. The van der Waals surface area contributed by atoms with Gasteiger partial charge in [-0.25, -0.2) is 0 Å². The van der Waals surface area contributed by atoms with Gasteiger partial charge >= 0.3 is 0 Å². The average molecular weight is 221 g/mol. The molecule has 2 rings (SSSR count). The van der Waals surface area contributed by atoms with Gasteiger partial charge in [-0.15, -0.1) is 11.8 Å². The minimum atomic E-state index is 0.265. The summed E-state index contributed by atoms with van der Waals surface area (Å²) in [5.41, 5.74) is 1.68. The number of thioether (sulfide) groups is 1. The van der Waals surface area contributed by atoms with Crippen LogP contribution in [0, 0.1) is 0 Å². The first-order chi connectivity index (χ1) is 7.05. The number of rotatable bonds is 2. The van der Waals surface area contributed by atoms with Gasteiger partial charge in [-0.3, -0.25) is 0 Å². The van der Waals surface area contributed by atoms with E-state index in [2.05, 4.69) is 50.4 Å². The minimum absolute atomic E-state index is 0.265. The van der Waals surface area contributed by atoms with Gasteiger partial charge in [0.25, 0.3) is 0 Å². The maximum absolute atomic E-state index is 3.30. The Morgan fingerprint density at radius 3 is 2.13 bits per heavy atom. The molecule has 1 nitrogen and oxygen atoms in total. The molecule has 0 amide bonds. The Morgan fingerprint density at radius 1 is 1.13 bits per heavy atom. The topological polar surface area (TPSA) is 12.0 Å². The molecule has 0 bridgehead atoms. The van der Waals surface area contributed by atoms with E-state index in [1.165, 1.54) is 10.5 Å². The lowest BCUT2D eigenvalue weighted by atomic mass is 9.87. The predicted octanol–water partition coefficient (Wildman–Crippen LogP) is 3.05. The largest absolute Gasteiger partial charge is 0.314 e. The smallest absolute Gasteiger partial charge is 0.0344 e. The summed E-state index contributed by atoms with van der Waals surface area (Å²) in [5.74, 6) is 0. The molecular weight excluding hydrogens is 202 g/mol. The van der Waals surface area contributed by atoms with E-state index in [9.17, 15) is 0 Å². The number of nitrogens with one attached hydrogen (secondary N) is 1. The Hall–Kier alpha value is -0.470. The highest BCUT2D eigenvalue weighted by Crippen LogP contribution is 2.28. The summed E-state index contributed by atoms with van der Waals surface area (Å²) in [6.45, 7) is 9.08. The van der Waals surface area contributed by atoms with E-state index in [4.69, 9.17) is 0 Å². The van der Waals surface area contributed by atoms with Crippen LogP contribution in [0.1, 0.15) is 26.3 Å². The van der Waals surface area contributed by atoms with Crippen molar-refractivity contribution in [2.75, 3.05) is 13.1 Å². The van der Waals surface area contributed by atoms with Crippen LogP contribution in [0.2, 0.25) is 0 Å². The first-order valence-electron chi connectivity index (χ1n) is 5.53. The van der Waals surface area contributed by atoms with Gasteiger partial charge in [-0.1, -0.05) is 32.9 Å².